The van der Waals surface area contributed by atoms with Crippen molar-refractivity contribution in [1.82, 2.24) is 20.4 Å². The molecule has 0 saturated heterocycles. The number of aliphatic carboxylic acids is 1. The summed E-state index contributed by atoms with van der Waals surface area (Å²) in [7, 11) is 0. The summed E-state index contributed by atoms with van der Waals surface area (Å²) < 4.78 is 31.5. The number of nitrogens with zero attached hydrogens (tertiary/aromatic N) is 3. The molecule has 1 atom stereocenters. The second-order valence-corrected chi connectivity index (χ2v) is 8.53. The summed E-state index contributed by atoms with van der Waals surface area (Å²) in [6, 6.07) is 17.0. The van der Waals surface area contributed by atoms with Crippen LogP contribution in [0.25, 0.3) is 21.5 Å². The van der Waals surface area contributed by atoms with Crippen LogP contribution in [0.2, 0.25) is 0 Å². The Labute approximate surface area is 197 Å². The van der Waals surface area contributed by atoms with Gasteiger partial charge in [0.05, 0.1) is 11.6 Å². The van der Waals surface area contributed by atoms with Gasteiger partial charge in [-0.25, -0.2) is 0 Å². The van der Waals surface area contributed by atoms with E-state index in [0.29, 0.717) is 6.04 Å². The van der Waals surface area contributed by atoms with E-state index in [1.165, 1.54) is 5.56 Å². The minimum atomic E-state index is -5.19. The van der Waals surface area contributed by atoms with Gasteiger partial charge in [0.25, 0.3) is 0 Å². The van der Waals surface area contributed by atoms with Gasteiger partial charge in [-0.15, -0.1) is 10.2 Å². The van der Waals surface area contributed by atoms with Gasteiger partial charge in [0.1, 0.15) is 11.0 Å². The van der Waals surface area contributed by atoms with Gasteiger partial charge in [0, 0.05) is 36.0 Å². The molecule has 0 amide bonds. The fraction of sp³-hybridized carbons (Fsp3) is 0.273. The van der Waals surface area contributed by atoms with Gasteiger partial charge in [-0.2, -0.15) is 18.3 Å². The standard InChI is InChI=1S/C20H22N6S.C2HF3O2/c1-13-17-12-15(7-8-18(17)24-23-13)19-25-26-20(27-19)22-10-9-16(21)11-14-5-3-2-4-6-14;3-2(4,5)1(6)7/h2-8,12,16H,9-11,21H2,1H3,(H,22,26)(H,23,24);(H,6,7)/t16-;/m1./s1. The molecule has 0 aliphatic rings. The molecule has 8 nitrogen and oxygen atoms in total. The number of anilines is 1. The zero-order chi connectivity index (χ0) is 24.7. The molecule has 2 aromatic carbocycles. The van der Waals surface area contributed by atoms with Crippen molar-refractivity contribution in [2.24, 2.45) is 0 Å². The summed E-state index contributed by atoms with van der Waals surface area (Å²) in [6.07, 6.45) is -3.21. The van der Waals surface area contributed by atoms with Crippen LogP contribution in [0, 0.1) is 6.92 Å². The number of fused-ring (bicyclic) bond motifs is 1. The van der Waals surface area contributed by atoms with Gasteiger partial charge >= 0.3 is 6.18 Å². The molecule has 4 rings (SSSR count). The number of carboxylic acid groups (broad SMARTS) is 1. The number of hydrogen-bond donors (Lipinski definition) is 3. The number of quaternary nitrogens is 1. The van der Waals surface area contributed by atoms with E-state index < -0.39 is 12.1 Å². The van der Waals surface area contributed by atoms with Gasteiger partial charge in [-0.3, -0.25) is 5.10 Å². The highest BCUT2D eigenvalue weighted by atomic mass is 32.1. The smallest absolute Gasteiger partial charge is 0.430 e. The fourth-order valence-corrected chi connectivity index (χ4v) is 3.88. The molecule has 4 aromatic rings. The molecule has 0 spiro atoms. The van der Waals surface area contributed by atoms with Crippen LogP contribution in [0.5, 0.6) is 0 Å². The van der Waals surface area contributed by atoms with Crippen molar-refractivity contribution in [2.75, 3.05) is 11.9 Å². The third kappa shape index (κ3) is 6.99. The van der Waals surface area contributed by atoms with Gasteiger partial charge < -0.3 is 21.0 Å². The minimum absolute atomic E-state index is 0.374. The Bertz CT molecular complexity index is 1230. The maximum Gasteiger partial charge on any atom is 0.430 e. The number of hydrogen-bond acceptors (Lipinski definition) is 7. The lowest BCUT2D eigenvalue weighted by molar-refractivity contribution is -0.419. The Hall–Kier alpha value is -3.51. The molecule has 0 bridgehead atoms. The highest BCUT2D eigenvalue weighted by Gasteiger charge is 2.28. The first kappa shape index (κ1) is 25.1. The first-order valence-electron chi connectivity index (χ1n) is 10.3. The predicted molar refractivity (Wildman–Crippen MR) is 121 cm³/mol. The number of rotatable bonds is 7. The van der Waals surface area contributed by atoms with Crippen molar-refractivity contribution in [1.29, 1.82) is 0 Å². The molecule has 0 radical (unpaired) electrons. The van der Waals surface area contributed by atoms with Gasteiger partial charge in [-0.05, 0) is 30.7 Å². The van der Waals surface area contributed by atoms with E-state index in [0.717, 1.165) is 51.7 Å². The topological polar surface area (TPSA) is 134 Å². The lowest BCUT2D eigenvalue weighted by Gasteiger charge is -2.08. The van der Waals surface area contributed by atoms with E-state index >= 15 is 0 Å². The fourth-order valence-electron chi connectivity index (χ4n) is 3.12. The maximum absolute atomic E-state index is 10.5. The predicted octanol–water partition coefficient (Wildman–Crippen LogP) is 2.34. The monoisotopic (exact) mass is 492 g/mol. The second-order valence-electron chi connectivity index (χ2n) is 7.55. The summed E-state index contributed by atoms with van der Waals surface area (Å²) in [5.74, 6) is -3.01. The summed E-state index contributed by atoms with van der Waals surface area (Å²) >= 11 is 1.57. The summed E-state index contributed by atoms with van der Waals surface area (Å²) in [6.45, 7) is 2.87. The van der Waals surface area contributed by atoms with Gasteiger partial charge in [0.2, 0.25) is 5.13 Å². The molecule has 180 valence electrons. The van der Waals surface area contributed by atoms with E-state index in [1.807, 2.05) is 25.1 Å². The Morgan fingerprint density at radius 2 is 1.91 bits per heavy atom. The van der Waals surface area contributed by atoms with Crippen molar-refractivity contribution in [3.63, 3.8) is 0 Å². The molecule has 0 fully saturated rings. The molecule has 12 heteroatoms. The largest absolute Gasteiger partial charge is 0.542 e. The SMILES string of the molecule is Cc1[nH]nc2ccc(-c3nnc(NCC[C@@H]([NH3+])Cc4ccccc4)s3)cc12.O=C([O-])C(F)(F)F. The van der Waals surface area contributed by atoms with Crippen molar-refractivity contribution < 1.29 is 28.8 Å². The van der Waals surface area contributed by atoms with Crippen LogP contribution < -0.4 is 16.2 Å². The van der Waals surface area contributed by atoms with Crippen molar-refractivity contribution >= 4 is 33.3 Å². The highest BCUT2D eigenvalue weighted by molar-refractivity contribution is 7.18. The number of carboxylic acids is 1. The third-order valence-electron chi connectivity index (χ3n) is 4.84. The number of aryl methyl sites for hydroxylation is 1. The van der Waals surface area contributed by atoms with E-state index in [9.17, 15) is 13.2 Å². The Kier molecular flexibility index (Phi) is 8.18. The number of carbonyl (C=O) groups excluding carboxylic acids is 1. The van der Waals surface area contributed by atoms with E-state index in [4.69, 9.17) is 9.90 Å². The number of alkyl halides is 3. The molecule has 0 unspecified atom stereocenters. The third-order valence-corrected chi connectivity index (χ3v) is 5.77. The molecule has 2 heterocycles. The minimum Gasteiger partial charge on any atom is -0.542 e. The van der Waals surface area contributed by atoms with Crippen LogP contribution in [0.15, 0.2) is 48.5 Å². The van der Waals surface area contributed by atoms with E-state index in [1.54, 1.807) is 11.3 Å². The van der Waals surface area contributed by atoms with Crippen LogP contribution in [0.1, 0.15) is 17.7 Å². The van der Waals surface area contributed by atoms with Gasteiger partial charge in [0.15, 0.2) is 0 Å². The number of H-pyrrole nitrogens is 1. The average molecular weight is 493 g/mol. The molecular weight excluding hydrogens is 469 g/mol. The first-order chi connectivity index (χ1) is 16.1. The molecule has 5 N–H and O–H groups in total. The molecule has 0 saturated carbocycles. The Morgan fingerprint density at radius 1 is 1.21 bits per heavy atom. The molecule has 0 aliphatic heterocycles. The normalized spacial score (nSPS) is 12.1. The Balaban J connectivity index is 0.000000406. The van der Waals surface area contributed by atoms with Crippen LogP contribution in [-0.4, -0.2) is 45.1 Å². The van der Waals surface area contributed by atoms with Crippen molar-refractivity contribution in [3.05, 3.63) is 59.8 Å². The van der Waals surface area contributed by atoms with E-state index in [-0.39, 0.29) is 0 Å². The summed E-state index contributed by atoms with van der Waals surface area (Å²) in [5, 5.41) is 30.9. The number of nitrogens with one attached hydrogen (secondary N) is 2. The average Bonchev–Trinajstić information content (AvgIpc) is 3.41. The molecule has 34 heavy (non-hydrogen) atoms. The molecule has 0 aliphatic carbocycles. The summed E-state index contributed by atoms with van der Waals surface area (Å²) in [5.41, 5.74) is 8.70. The molecular formula is C22H23F3N6O2S. The van der Waals surface area contributed by atoms with Crippen molar-refractivity contribution in [3.8, 4) is 10.6 Å². The lowest BCUT2D eigenvalue weighted by atomic mass is 10.0. The van der Waals surface area contributed by atoms with Gasteiger partial charge in [-0.1, -0.05) is 41.7 Å². The van der Waals surface area contributed by atoms with Crippen LogP contribution in [0.4, 0.5) is 18.3 Å². The number of aromatic nitrogens is 4. The maximum atomic E-state index is 10.5. The van der Waals surface area contributed by atoms with Crippen LogP contribution in [-0.2, 0) is 11.2 Å². The zero-order valence-corrected chi connectivity index (χ0v) is 19.0. The number of halogens is 3. The highest BCUT2D eigenvalue weighted by Crippen LogP contribution is 2.29. The van der Waals surface area contributed by atoms with Crippen LogP contribution in [0.3, 0.4) is 0 Å². The van der Waals surface area contributed by atoms with E-state index in [2.05, 4.69) is 61.8 Å². The zero-order valence-electron chi connectivity index (χ0n) is 18.2. The Morgan fingerprint density at radius 3 is 2.59 bits per heavy atom. The molecule has 2 aromatic heterocycles. The quantitative estimate of drug-likeness (QED) is 0.363. The number of carbonyl (C=O) groups is 1. The van der Waals surface area contributed by atoms with Crippen molar-refractivity contribution in [2.45, 2.75) is 32.0 Å². The van der Waals surface area contributed by atoms with Crippen LogP contribution >= 0.6 is 11.3 Å². The summed E-state index contributed by atoms with van der Waals surface area (Å²) in [4.78, 5) is 8.78. The lowest BCUT2D eigenvalue weighted by Crippen LogP contribution is -2.62. The second kappa shape index (κ2) is 11.1. The number of aromatic amines is 1. The first-order valence-corrected chi connectivity index (χ1v) is 11.1. The number of benzene rings is 2.